The van der Waals surface area contributed by atoms with E-state index in [1.165, 1.54) is 16.3 Å². The largest absolute Gasteiger partial charge is 0.451 e. The van der Waals surface area contributed by atoms with Gasteiger partial charge in [0.25, 0.3) is 0 Å². The van der Waals surface area contributed by atoms with Crippen molar-refractivity contribution in [2.24, 2.45) is 0 Å². The first-order valence-corrected chi connectivity index (χ1v) is 18.6. The third kappa shape index (κ3) is 6.93. The predicted octanol–water partition coefficient (Wildman–Crippen LogP) is 7.26. The van der Waals surface area contributed by atoms with Gasteiger partial charge in [-0.2, -0.15) is 18.2 Å². The van der Waals surface area contributed by atoms with E-state index >= 15 is 4.39 Å². The Bertz CT molecular complexity index is 2190. The molecule has 0 N–H and O–H groups in total. The lowest BCUT2D eigenvalue weighted by Gasteiger charge is -2.45. The van der Waals surface area contributed by atoms with Crippen LogP contribution in [0, 0.1) is 11.6 Å². The number of nitrogens with zero attached hydrogens (tertiary/aromatic N) is 8. The summed E-state index contributed by atoms with van der Waals surface area (Å²) in [5, 5.41) is 7.46. The van der Waals surface area contributed by atoms with Crippen LogP contribution in [-0.4, -0.2) is 89.8 Å². The van der Waals surface area contributed by atoms with Crippen molar-refractivity contribution in [3.05, 3.63) is 62.0 Å². The van der Waals surface area contributed by atoms with Crippen LogP contribution in [0.15, 0.2) is 27.9 Å². The van der Waals surface area contributed by atoms with Crippen molar-refractivity contribution in [3.8, 4) is 11.1 Å². The number of alkyl halides is 3. The van der Waals surface area contributed by atoms with E-state index in [2.05, 4.69) is 15.2 Å². The van der Waals surface area contributed by atoms with Gasteiger partial charge in [-0.25, -0.2) is 18.4 Å². The fourth-order valence-corrected chi connectivity index (χ4v) is 9.09. The molecule has 3 atom stereocenters. The van der Waals surface area contributed by atoms with Gasteiger partial charge in [-0.05, 0) is 46.8 Å². The molecule has 3 aliphatic rings. The number of ether oxygens (including phenoxy) is 1. The molecule has 0 aliphatic carbocycles. The first kappa shape index (κ1) is 37.6. The molecule has 284 valence electrons. The molecule has 19 heteroatoms. The number of carbonyl (C=O) groups excluding carboxylic acids is 1. The summed E-state index contributed by atoms with van der Waals surface area (Å²) in [6.45, 7) is 10.3. The van der Waals surface area contributed by atoms with Gasteiger partial charge in [-0.15, -0.1) is 22.0 Å². The van der Waals surface area contributed by atoms with Gasteiger partial charge in [0.2, 0.25) is 5.82 Å². The summed E-state index contributed by atoms with van der Waals surface area (Å²) in [4.78, 5) is 37.9. The molecule has 0 radical (unpaired) electrons. The summed E-state index contributed by atoms with van der Waals surface area (Å²) >= 11 is 14.4. The Hall–Kier alpha value is -3.67. The van der Waals surface area contributed by atoms with E-state index in [1.54, 1.807) is 31.7 Å². The molecule has 7 rings (SSSR count). The number of rotatable bonds is 4. The Morgan fingerprint density at radius 1 is 1.00 bits per heavy atom. The van der Waals surface area contributed by atoms with E-state index in [0.717, 1.165) is 10.6 Å². The van der Waals surface area contributed by atoms with Crippen molar-refractivity contribution in [1.82, 2.24) is 34.1 Å². The molecule has 3 aliphatic heterocycles. The summed E-state index contributed by atoms with van der Waals surface area (Å²) in [6.07, 6.45) is -5.10. The van der Waals surface area contributed by atoms with Crippen LogP contribution in [0.2, 0.25) is 10.0 Å². The molecule has 2 aromatic carbocycles. The van der Waals surface area contributed by atoms with Gasteiger partial charge in [0.15, 0.2) is 0 Å². The normalized spacial score (nSPS) is 20.9. The van der Waals surface area contributed by atoms with Gasteiger partial charge in [-0.1, -0.05) is 23.2 Å². The highest BCUT2D eigenvalue weighted by molar-refractivity contribution is 7.99. The molecule has 0 spiro atoms. The Morgan fingerprint density at radius 3 is 2.43 bits per heavy atom. The van der Waals surface area contributed by atoms with E-state index in [9.17, 15) is 27.2 Å². The van der Waals surface area contributed by atoms with Crippen LogP contribution in [0.25, 0.3) is 22.0 Å². The average Bonchev–Trinajstić information content (AvgIpc) is 3.49. The lowest BCUT2D eigenvalue weighted by molar-refractivity contribution is -0.148. The number of carbonyl (C=O) groups is 1. The van der Waals surface area contributed by atoms with Crippen LogP contribution in [0.4, 0.5) is 32.6 Å². The summed E-state index contributed by atoms with van der Waals surface area (Å²) in [5.41, 5.74) is -0.689. The number of aromatic nitrogens is 5. The third-order valence-electron chi connectivity index (χ3n) is 9.60. The highest BCUT2D eigenvalue weighted by Crippen LogP contribution is 2.49. The number of thioether (sulfide) groups is 1. The minimum atomic E-state index is -4.64. The average molecular weight is 802 g/mol. The Balaban J connectivity index is 1.32. The van der Waals surface area contributed by atoms with E-state index in [4.69, 9.17) is 27.9 Å². The quantitative estimate of drug-likeness (QED) is 0.156. The van der Waals surface area contributed by atoms with E-state index in [0.29, 0.717) is 40.0 Å². The molecule has 1 amide bonds. The zero-order valence-electron chi connectivity index (χ0n) is 29.3. The van der Waals surface area contributed by atoms with Crippen molar-refractivity contribution in [2.45, 2.75) is 82.5 Å². The zero-order valence-corrected chi connectivity index (χ0v) is 31.6. The molecule has 2 aromatic heterocycles. The summed E-state index contributed by atoms with van der Waals surface area (Å²) in [6, 6.07) is 2.27. The van der Waals surface area contributed by atoms with E-state index in [-0.39, 0.29) is 71.8 Å². The van der Waals surface area contributed by atoms with Crippen LogP contribution < -0.4 is 10.6 Å². The van der Waals surface area contributed by atoms with Gasteiger partial charge in [0.05, 0.1) is 28.1 Å². The molecule has 5 heterocycles. The highest BCUT2D eigenvalue weighted by atomic mass is 35.5. The van der Waals surface area contributed by atoms with Gasteiger partial charge >= 0.3 is 18.0 Å². The molecule has 1 fully saturated rings. The fraction of sp³-hybridized carbons (Fsp3) is 0.500. The molecule has 0 bridgehead atoms. The number of anilines is 1. The maximum Gasteiger partial charge on any atom is 0.451 e. The predicted molar refractivity (Wildman–Crippen MR) is 191 cm³/mol. The second-order valence-corrected chi connectivity index (χ2v) is 16.4. The molecule has 0 unspecified atom stereocenters. The molecule has 53 heavy (non-hydrogen) atoms. The van der Waals surface area contributed by atoms with E-state index in [1.807, 2.05) is 23.6 Å². The first-order chi connectivity index (χ1) is 24.8. The molecular weight excluding hydrogens is 766 g/mol. The molecule has 1 saturated heterocycles. The second-order valence-electron chi connectivity index (χ2n) is 14.6. The zero-order chi connectivity index (χ0) is 38.3. The standard InChI is InChI=1S/C34H35Cl2F5N8O3S/c1-16-12-48(32(51)52-33(3,4)5)17(2)11-47(16)29-20-9-22(36)26(19-8-21(35)24(38)10-23(19)37)28-27(20)49(31(50)42-29)18(15-53-28)13-45-6-7-46-25(14-45)43-44-30(46)34(39,40)41/h8-10,16-18H,6-7,11-15H2,1-5H3/t16-,17-,18-/m0/s1. The number of piperazine rings is 1. The Kier molecular flexibility index (Phi) is 9.63. The van der Waals surface area contributed by atoms with Crippen molar-refractivity contribution in [2.75, 3.05) is 36.8 Å². The number of amides is 1. The Labute approximate surface area is 315 Å². The minimum Gasteiger partial charge on any atom is -0.444 e. The maximum absolute atomic E-state index is 15.5. The summed E-state index contributed by atoms with van der Waals surface area (Å²) < 4.78 is 78.5. The van der Waals surface area contributed by atoms with Crippen molar-refractivity contribution < 1.29 is 31.5 Å². The smallest absolute Gasteiger partial charge is 0.444 e. The van der Waals surface area contributed by atoms with Gasteiger partial charge < -0.3 is 19.1 Å². The highest BCUT2D eigenvalue weighted by Gasteiger charge is 2.41. The van der Waals surface area contributed by atoms with Gasteiger partial charge in [-0.3, -0.25) is 9.47 Å². The SMILES string of the molecule is C[C@H]1CN(c2nc(=O)n3c4c(c(-c5cc(Cl)c(F)cc5F)c(Cl)cc24)SC[C@@H]3CN2CCn3c(nnc3C(F)(F)F)C2)[C@@H](C)CN1C(=O)OC(C)(C)C. The maximum atomic E-state index is 15.5. The van der Waals surface area contributed by atoms with Crippen molar-refractivity contribution in [3.63, 3.8) is 0 Å². The minimum absolute atomic E-state index is 0.00479. The molecule has 0 saturated carbocycles. The lowest BCUT2D eigenvalue weighted by atomic mass is 10.0. The topological polar surface area (TPSA) is 102 Å². The summed E-state index contributed by atoms with van der Waals surface area (Å²) in [5.74, 6) is -2.12. The third-order valence-corrected chi connectivity index (χ3v) is 11.4. The van der Waals surface area contributed by atoms with Crippen LogP contribution >= 0.6 is 35.0 Å². The second kappa shape index (κ2) is 13.6. The van der Waals surface area contributed by atoms with E-state index < -0.39 is 47.1 Å². The van der Waals surface area contributed by atoms with Crippen LogP contribution in [0.1, 0.15) is 52.3 Å². The number of fused-ring (bicyclic) bond motifs is 1. The fourth-order valence-electron chi connectivity index (χ4n) is 7.25. The van der Waals surface area contributed by atoms with Gasteiger partial charge in [0, 0.05) is 78.0 Å². The van der Waals surface area contributed by atoms with Crippen LogP contribution in [0.3, 0.4) is 0 Å². The molecule has 11 nitrogen and oxygen atoms in total. The molecule has 4 aromatic rings. The first-order valence-electron chi connectivity index (χ1n) is 16.9. The Morgan fingerprint density at radius 2 is 1.74 bits per heavy atom. The van der Waals surface area contributed by atoms with Crippen molar-refractivity contribution >= 4 is 57.8 Å². The van der Waals surface area contributed by atoms with Crippen LogP contribution in [0.5, 0.6) is 0 Å². The van der Waals surface area contributed by atoms with Crippen LogP contribution in [-0.2, 0) is 24.0 Å². The monoisotopic (exact) mass is 800 g/mol. The molecular formula is C34H35Cl2F5N8O3S. The van der Waals surface area contributed by atoms with Crippen molar-refractivity contribution in [1.29, 1.82) is 0 Å². The lowest BCUT2D eigenvalue weighted by Crippen LogP contribution is -2.59. The number of benzene rings is 2. The number of hydrogen-bond acceptors (Lipinski definition) is 9. The number of hydrogen-bond donors (Lipinski definition) is 0. The van der Waals surface area contributed by atoms with Gasteiger partial charge in [0.1, 0.15) is 28.9 Å². The number of halogens is 7. The summed E-state index contributed by atoms with van der Waals surface area (Å²) in [7, 11) is 0.